The van der Waals surface area contributed by atoms with Crippen LogP contribution in [0.3, 0.4) is 0 Å². The first kappa shape index (κ1) is 21.2. The molecule has 5 nitrogen and oxygen atoms in total. The van der Waals surface area contributed by atoms with E-state index in [9.17, 15) is 0 Å². The number of halogens is 1. The molecule has 1 aliphatic heterocycles. The topological polar surface area (TPSA) is 40.1 Å². The summed E-state index contributed by atoms with van der Waals surface area (Å²) in [5, 5.41) is 3.55. The summed E-state index contributed by atoms with van der Waals surface area (Å²) >= 11 is 0. The highest BCUT2D eigenvalue weighted by atomic mass is 127. The van der Waals surface area contributed by atoms with Crippen molar-refractivity contribution < 1.29 is 4.74 Å². The van der Waals surface area contributed by atoms with Gasteiger partial charge in [-0.05, 0) is 26.1 Å². The number of aliphatic imine (C=N–C) groups is 1. The van der Waals surface area contributed by atoms with Gasteiger partial charge in [-0.1, -0.05) is 30.3 Å². The van der Waals surface area contributed by atoms with Crippen molar-refractivity contribution in [2.45, 2.75) is 12.5 Å². The van der Waals surface area contributed by atoms with Gasteiger partial charge in [-0.2, -0.15) is 0 Å². The van der Waals surface area contributed by atoms with Crippen LogP contribution in [0, 0.1) is 5.92 Å². The molecule has 0 aromatic heterocycles. The van der Waals surface area contributed by atoms with Gasteiger partial charge < -0.3 is 19.9 Å². The molecule has 0 radical (unpaired) electrons. The zero-order valence-electron chi connectivity index (χ0n) is 15.2. The van der Waals surface area contributed by atoms with Crippen LogP contribution in [0.4, 0.5) is 0 Å². The summed E-state index contributed by atoms with van der Waals surface area (Å²) in [4.78, 5) is 9.04. The summed E-state index contributed by atoms with van der Waals surface area (Å²) in [7, 11) is 7.87. The van der Waals surface area contributed by atoms with Crippen molar-refractivity contribution in [3.8, 4) is 0 Å². The standard InChI is InChI=1S/C18H30N4O.HI/c1-19-18(22-11-10-15(13-22)14-23-4)20-12-17(21(2)3)16-8-6-5-7-9-16;/h5-9,15,17H,10-14H2,1-4H3,(H,19,20);1H. The summed E-state index contributed by atoms with van der Waals surface area (Å²) in [6, 6.07) is 10.9. The monoisotopic (exact) mass is 446 g/mol. The van der Waals surface area contributed by atoms with E-state index in [0.717, 1.165) is 32.2 Å². The van der Waals surface area contributed by atoms with Crippen molar-refractivity contribution in [2.24, 2.45) is 10.9 Å². The molecular weight excluding hydrogens is 415 g/mol. The largest absolute Gasteiger partial charge is 0.384 e. The summed E-state index contributed by atoms with van der Waals surface area (Å²) in [5.41, 5.74) is 1.32. The molecule has 1 aliphatic rings. The van der Waals surface area contributed by atoms with Crippen LogP contribution in [0.5, 0.6) is 0 Å². The van der Waals surface area contributed by atoms with Gasteiger partial charge in [0.05, 0.1) is 12.6 Å². The molecule has 1 saturated heterocycles. The maximum atomic E-state index is 5.28. The SMILES string of the molecule is CN=C(NCC(c1ccccc1)N(C)C)N1CCC(COC)C1.I. The van der Waals surface area contributed by atoms with E-state index in [0.29, 0.717) is 12.0 Å². The Morgan fingerprint density at radius 1 is 1.38 bits per heavy atom. The van der Waals surface area contributed by atoms with Crippen LogP contribution < -0.4 is 5.32 Å². The number of rotatable bonds is 6. The van der Waals surface area contributed by atoms with Crippen molar-refractivity contribution in [2.75, 3.05) is 54.5 Å². The van der Waals surface area contributed by atoms with Gasteiger partial charge in [0.15, 0.2) is 5.96 Å². The molecule has 1 aromatic carbocycles. The van der Waals surface area contributed by atoms with Crippen LogP contribution in [0.2, 0.25) is 0 Å². The molecule has 1 aromatic rings. The minimum absolute atomic E-state index is 0. The first-order valence-corrected chi connectivity index (χ1v) is 8.31. The Balaban J connectivity index is 0.00000288. The number of nitrogens with one attached hydrogen (secondary N) is 1. The van der Waals surface area contributed by atoms with Crippen LogP contribution in [0.15, 0.2) is 35.3 Å². The van der Waals surface area contributed by atoms with Gasteiger partial charge in [0.1, 0.15) is 0 Å². The lowest BCUT2D eigenvalue weighted by Crippen LogP contribution is -2.43. The second-order valence-electron chi connectivity index (χ2n) is 6.37. The molecule has 2 unspecified atom stereocenters. The maximum absolute atomic E-state index is 5.28. The first-order valence-electron chi connectivity index (χ1n) is 8.31. The van der Waals surface area contributed by atoms with E-state index in [-0.39, 0.29) is 24.0 Å². The van der Waals surface area contributed by atoms with Crippen LogP contribution in [0.1, 0.15) is 18.0 Å². The molecule has 0 bridgehead atoms. The van der Waals surface area contributed by atoms with E-state index in [1.54, 1.807) is 7.11 Å². The van der Waals surface area contributed by atoms with Crippen LogP contribution in [0.25, 0.3) is 0 Å². The predicted molar refractivity (Wildman–Crippen MR) is 111 cm³/mol. The number of hydrogen-bond donors (Lipinski definition) is 1. The average molecular weight is 446 g/mol. The molecule has 1 N–H and O–H groups in total. The fraction of sp³-hybridized carbons (Fsp3) is 0.611. The fourth-order valence-corrected chi connectivity index (χ4v) is 3.19. The molecule has 2 rings (SSSR count). The number of hydrogen-bond acceptors (Lipinski definition) is 3. The molecule has 0 saturated carbocycles. The van der Waals surface area contributed by atoms with Gasteiger partial charge in [-0.3, -0.25) is 4.99 Å². The summed E-state index contributed by atoms with van der Waals surface area (Å²) < 4.78 is 5.28. The second kappa shape index (κ2) is 10.9. The van der Waals surface area contributed by atoms with Crippen molar-refractivity contribution in [1.29, 1.82) is 0 Å². The lowest BCUT2D eigenvalue weighted by Gasteiger charge is -2.28. The minimum Gasteiger partial charge on any atom is -0.384 e. The highest BCUT2D eigenvalue weighted by molar-refractivity contribution is 14.0. The second-order valence-corrected chi connectivity index (χ2v) is 6.37. The zero-order chi connectivity index (χ0) is 16.7. The van der Waals surface area contributed by atoms with Crippen molar-refractivity contribution in [3.63, 3.8) is 0 Å². The van der Waals surface area contributed by atoms with Gasteiger partial charge >= 0.3 is 0 Å². The number of likely N-dealkylation sites (N-methyl/N-ethyl adjacent to an activating group) is 1. The van der Waals surface area contributed by atoms with Gasteiger partial charge in [0.2, 0.25) is 0 Å². The fourth-order valence-electron chi connectivity index (χ4n) is 3.19. The Bertz CT molecular complexity index is 495. The molecule has 0 amide bonds. The maximum Gasteiger partial charge on any atom is 0.193 e. The molecule has 6 heteroatoms. The Morgan fingerprint density at radius 3 is 2.67 bits per heavy atom. The molecule has 136 valence electrons. The lowest BCUT2D eigenvalue weighted by molar-refractivity contribution is 0.157. The van der Waals surface area contributed by atoms with Crippen LogP contribution >= 0.6 is 24.0 Å². The Morgan fingerprint density at radius 2 is 2.08 bits per heavy atom. The molecule has 0 spiro atoms. The number of ether oxygens (including phenoxy) is 1. The first-order chi connectivity index (χ1) is 11.2. The molecule has 24 heavy (non-hydrogen) atoms. The smallest absolute Gasteiger partial charge is 0.193 e. The van der Waals surface area contributed by atoms with E-state index < -0.39 is 0 Å². The summed E-state index contributed by atoms with van der Waals surface area (Å²) in [5.74, 6) is 1.60. The number of likely N-dealkylation sites (tertiary alicyclic amines) is 1. The normalized spacial score (nSPS) is 19.3. The quantitative estimate of drug-likeness (QED) is 0.414. The highest BCUT2D eigenvalue weighted by Crippen LogP contribution is 2.19. The van der Waals surface area contributed by atoms with E-state index in [4.69, 9.17) is 4.74 Å². The van der Waals surface area contributed by atoms with E-state index in [1.807, 2.05) is 7.05 Å². The average Bonchev–Trinajstić information content (AvgIpc) is 3.01. The third-order valence-corrected chi connectivity index (χ3v) is 4.46. The molecule has 2 atom stereocenters. The zero-order valence-corrected chi connectivity index (χ0v) is 17.6. The van der Waals surface area contributed by atoms with Crippen molar-refractivity contribution in [1.82, 2.24) is 15.1 Å². The third kappa shape index (κ3) is 5.89. The Hall–Kier alpha value is -0.860. The molecule has 0 aliphatic carbocycles. The van der Waals surface area contributed by atoms with Crippen molar-refractivity contribution >= 4 is 29.9 Å². The lowest BCUT2D eigenvalue weighted by atomic mass is 10.1. The third-order valence-electron chi connectivity index (χ3n) is 4.46. The van der Waals surface area contributed by atoms with E-state index in [2.05, 4.69) is 64.5 Å². The molecule has 1 fully saturated rings. The molecule has 1 heterocycles. The number of guanidine groups is 1. The summed E-state index contributed by atoms with van der Waals surface area (Å²) in [6.07, 6.45) is 1.17. The van der Waals surface area contributed by atoms with Crippen LogP contribution in [-0.2, 0) is 4.74 Å². The van der Waals surface area contributed by atoms with E-state index in [1.165, 1.54) is 12.0 Å². The van der Waals surface area contributed by atoms with Gasteiger partial charge in [0.25, 0.3) is 0 Å². The van der Waals surface area contributed by atoms with Gasteiger partial charge in [-0.15, -0.1) is 24.0 Å². The highest BCUT2D eigenvalue weighted by Gasteiger charge is 2.25. The van der Waals surface area contributed by atoms with Gasteiger partial charge in [-0.25, -0.2) is 0 Å². The van der Waals surface area contributed by atoms with Crippen LogP contribution in [-0.4, -0.2) is 70.3 Å². The Kier molecular flexibility index (Phi) is 9.61. The number of benzene rings is 1. The van der Waals surface area contributed by atoms with Crippen molar-refractivity contribution in [3.05, 3.63) is 35.9 Å². The summed E-state index contributed by atoms with van der Waals surface area (Å²) in [6.45, 7) is 3.74. The van der Waals surface area contributed by atoms with E-state index >= 15 is 0 Å². The number of nitrogens with zero attached hydrogens (tertiary/aromatic N) is 3. The Labute approximate surface area is 163 Å². The predicted octanol–water partition coefficient (Wildman–Crippen LogP) is 2.45. The molecular formula is C18H31IN4O. The number of methoxy groups -OCH3 is 1. The minimum atomic E-state index is 0. The van der Waals surface area contributed by atoms with Gasteiger partial charge in [0, 0.05) is 39.7 Å².